The number of aliphatic hydroxyl groups excluding tert-OH is 2. The van der Waals surface area contributed by atoms with Gasteiger partial charge in [0.1, 0.15) is 5.78 Å². The zero-order valence-corrected chi connectivity index (χ0v) is 8.76. The third-order valence-electron chi connectivity index (χ3n) is 2.13. The molecule has 3 heteroatoms. The van der Waals surface area contributed by atoms with Crippen LogP contribution in [0.1, 0.15) is 31.4 Å². The molecule has 82 valence electrons. The SMILES string of the molecule is C[C@H](O)CC(=O)C[C@@H](O)c1ccccc1. The highest BCUT2D eigenvalue weighted by Gasteiger charge is 2.13. The Hall–Kier alpha value is -1.19. The van der Waals surface area contributed by atoms with Crippen LogP contribution in [0.5, 0.6) is 0 Å². The highest BCUT2D eigenvalue weighted by atomic mass is 16.3. The van der Waals surface area contributed by atoms with E-state index in [1.54, 1.807) is 19.1 Å². The van der Waals surface area contributed by atoms with E-state index in [0.29, 0.717) is 0 Å². The Bertz CT molecular complexity index is 306. The van der Waals surface area contributed by atoms with Crippen molar-refractivity contribution in [3.05, 3.63) is 35.9 Å². The molecule has 0 saturated carbocycles. The molecule has 0 fully saturated rings. The van der Waals surface area contributed by atoms with E-state index in [1.807, 2.05) is 18.2 Å². The number of hydrogen-bond acceptors (Lipinski definition) is 3. The minimum absolute atomic E-state index is 0.0644. The highest BCUT2D eigenvalue weighted by Crippen LogP contribution is 2.17. The lowest BCUT2D eigenvalue weighted by Gasteiger charge is -2.10. The van der Waals surface area contributed by atoms with Crippen molar-refractivity contribution < 1.29 is 15.0 Å². The molecule has 0 amide bonds. The number of hydrogen-bond donors (Lipinski definition) is 2. The molecule has 0 saturated heterocycles. The molecule has 0 unspecified atom stereocenters. The van der Waals surface area contributed by atoms with Gasteiger partial charge in [0.2, 0.25) is 0 Å². The van der Waals surface area contributed by atoms with E-state index >= 15 is 0 Å². The maximum atomic E-state index is 11.3. The second-order valence-electron chi connectivity index (χ2n) is 3.72. The van der Waals surface area contributed by atoms with E-state index in [1.165, 1.54) is 0 Å². The van der Waals surface area contributed by atoms with Gasteiger partial charge in [-0.15, -0.1) is 0 Å². The zero-order chi connectivity index (χ0) is 11.3. The Labute approximate surface area is 89.4 Å². The fourth-order valence-electron chi connectivity index (χ4n) is 1.42. The third kappa shape index (κ3) is 4.23. The number of carbonyl (C=O) groups excluding carboxylic acids is 1. The Morgan fingerprint density at radius 2 is 1.80 bits per heavy atom. The van der Waals surface area contributed by atoms with Gasteiger partial charge in [-0.25, -0.2) is 0 Å². The number of Topliss-reactive ketones (excluding diaryl/α,β-unsaturated/α-hetero) is 1. The van der Waals surface area contributed by atoms with Crippen LogP contribution in [0.15, 0.2) is 30.3 Å². The van der Waals surface area contributed by atoms with Gasteiger partial charge < -0.3 is 10.2 Å². The molecule has 1 aromatic rings. The molecule has 1 rings (SSSR count). The van der Waals surface area contributed by atoms with Crippen LogP contribution in [0.2, 0.25) is 0 Å². The van der Waals surface area contributed by atoms with E-state index < -0.39 is 12.2 Å². The first kappa shape index (κ1) is 11.9. The summed E-state index contributed by atoms with van der Waals surface area (Å²) in [5.74, 6) is -0.124. The molecular weight excluding hydrogens is 192 g/mol. The first-order valence-corrected chi connectivity index (χ1v) is 5.02. The monoisotopic (exact) mass is 208 g/mol. The number of rotatable bonds is 5. The lowest BCUT2D eigenvalue weighted by Crippen LogP contribution is -2.12. The van der Waals surface area contributed by atoms with Gasteiger partial charge in [0.15, 0.2) is 0 Å². The van der Waals surface area contributed by atoms with Crippen molar-refractivity contribution in [1.29, 1.82) is 0 Å². The van der Waals surface area contributed by atoms with Gasteiger partial charge >= 0.3 is 0 Å². The standard InChI is InChI=1S/C12H16O3/c1-9(13)7-11(14)8-12(15)10-5-3-2-4-6-10/h2-6,9,12-13,15H,7-8H2,1H3/t9-,12+/m0/s1. The summed E-state index contributed by atoms with van der Waals surface area (Å²) >= 11 is 0. The predicted octanol–water partition coefficient (Wildman–Crippen LogP) is 1.45. The summed E-state index contributed by atoms with van der Waals surface area (Å²) in [5, 5.41) is 18.7. The highest BCUT2D eigenvalue weighted by molar-refractivity contribution is 5.79. The van der Waals surface area contributed by atoms with Crippen LogP contribution in [0.4, 0.5) is 0 Å². The van der Waals surface area contributed by atoms with Gasteiger partial charge in [-0.1, -0.05) is 30.3 Å². The summed E-state index contributed by atoms with van der Waals surface area (Å²) in [6.07, 6.45) is -1.24. The fraction of sp³-hybridized carbons (Fsp3) is 0.417. The molecule has 15 heavy (non-hydrogen) atoms. The number of benzene rings is 1. The molecular formula is C12H16O3. The van der Waals surface area contributed by atoms with Crippen molar-refractivity contribution in [2.75, 3.05) is 0 Å². The quantitative estimate of drug-likeness (QED) is 0.770. The van der Waals surface area contributed by atoms with Crippen LogP contribution < -0.4 is 0 Å². The van der Waals surface area contributed by atoms with E-state index in [0.717, 1.165) is 5.56 Å². The van der Waals surface area contributed by atoms with Crippen LogP contribution in [0.3, 0.4) is 0 Å². The first-order valence-electron chi connectivity index (χ1n) is 5.02. The van der Waals surface area contributed by atoms with Gasteiger partial charge in [0.25, 0.3) is 0 Å². The summed E-state index contributed by atoms with van der Waals surface area (Å²) in [6.45, 7) is 1.56. The van der Waals surface area contributed by atoms with Crippen LogP contribution >= 0.6 is 0 Å². The first-order chi connectivity index (χ1) is 7.09. The molecule has 0 radical (unpaired) electrons. The maximum Gasteiger partial charge on any atom is 0.138 e. The van der Waals surface area contributed by atoms with Crippen LogP contribution in [0.25, 0.3) is 0 Å². The molecule has 0 heterocycles. The molecule has 0 aliphatic carbocycles. The van der Waals surface area contributed by atoms with Crippen molar-refractivity contribution in [1.82, 2.24) is 0 Å². The molecule has 0 aliphatic heterocycles. The third-order valence-corrected chi connectivity index (χ3v) is 2.13. The van der Waals surface area contributed by atoms with Gasteiger partial charge in [0, 0.05) is 12.8 Å². The topological polar surface area (TPSA) is 57.5 Å². The summed E-state index contributed by atoms with van der Waals surface area (Å²) in [7, 11) is 0. The van der Waals surface area contributed by atoms with Crippen molar-refractivity contribution in [2.24, 2.45) is 0 Å². The lowest BCUT2D eigenvalue weighted by molar-refractivity contribution is -0.122. The van der Waals surface area contributed by atoms with Gasteiger partial charge in [-0.05, 0) is 12.5 Å². The smallest absolute Gasteiger partial charge is 0.138 e. The lowest BCUT2D eigenvalue weighted by atomic mass is 10.0. The minimum Gasteiger partial charge on any atom is -0.393 e. The van der Waals surface area contributed by atoms with E-state index in [2.05, 4.69) is 0 Å². The normalized spacial score (nSPS) is 14.6. The van der Waals surface area contributed by atoms with Crippen LogP contribution in [-0.2, 0) is 4.79 Å². The largest absolute Gasteiger partial charge is 0.393 e. The Morgan fingerprint density at radius 1 is 1.20 bits per heavy atom. The van der Waals surface area contributed by atoms with Crippen LogP contribution in [0, 0.1) is 0 Å². The zero-order valence-electron chi connectivity index (χ0n) is 8.76. The molecule has 0 aromatic heterocycles. The van der Waals surface area contributed by atoms with E-state index in [4.69, 9.17) is 5.11 Å². The average molecular weight is 208 g/mol. The molecule has 1 aromatic carbocycles. The molecule has 2 N–H and O–H groups in total. The van der Waals surface area contributed by atoms with Gasteiger partial charge in [-0.3, -0.25) is 4.79 Å². The van der Waals surface area contributed by atoms with Crippen molar-refractivity contribution in [2.45, 2.75) is 32.0 Å². The predicted molar refractivity (Wildman–Crippen MR) is 57.3 cm³/mol. The number of aliphatic hydroxyl groups is 2. The Morgan fingerprint density at radius 3 is 2.33 bits per heavy atom. The number of ketones is 1. The van der Waals surface area contributed by atoms with Crippen molar-refractivity contribution >= 4 is 5.78 Å². The summed E-state index contributed by atoms with van der Waals surface area (Å²) in [4.78, 5) is 11.3. The Kier molecular flexibility index (Phi) is 4.46. The average Bonchev–Trinajstić information content (AvgIpc) is 2.17. The second kappa shape index (κ2) is 5.63. The molecule has 3 nitrogen and oxygen atoms in total. The molecule has 0 aliphatic rings. The fourth-order valence-corrected chi connectivity index (χ4v) is 1.42. The van der Waals surface area contributed by atoms with E-state index in [-0.39, 0.29) is 18.6 Å². The molecule has 0 spiro atoms. The Balaban J connectivity index is 2.49. The summed E-state index contributed by atoms with van der Waals surface area (Å²) in [6, 6.07) is 9.05. The van der Waals surface area contributed by atoms with E-state index in [9.17, 15) is 9.90 Å². The second-order valence-corrected chi connectivity index (χ2v) is 3.72. The summed E-state index contributed by atoms with van der Waals surface area (Å²) in [5.41, 5.74) is 0.733. The molecule has 2 atom stereocenters. The van der Waals surface area contributed by atoms with Crippen molar-refractivity contribution in [3.63, 3.8) is 0 Å². The van der Waals surface area contributed by atoms with Gasteiger partial charge in [0.05, 0.1) is 12.2 Å². The minimum atomic E-state index is -0.766. The number of carbonyl (C=O) groups is 1. The van der Waals surface area contributed by atoms with Crippen molar-refractivity contribution in [3.8, 4) is 0 Å². The maximum absolute atomic E-state index is 11.3. The summed E-state index contributed by atoms with van der Waals surface area (Å²) < 4.78 is 0. The van der Waals surface area contributed by atoms with Crippen LogP contribution in [-0.4, -0.2) is 22.1 Å². The molecule has 0 bridgehead atoms. The van der Waals surface area contributed by atoms with Gasteiger partial charge in [-0.2, -0.15) is 0 Å².